The van der Waals surface area contributed by atoms with Gasteiger partial charge in [0.1, 0.15) is 5.82 Å². The summed E-state index contributed by atoms with van der Waals surface area (Å²) in [5.74, 6) is 3.62. The molecule has 0 saturated carbocycles. The van der Waals surface area contributed by atoms with E-state index in [2.05, 4.69) is 16.6 Å². The van der Waals surface area contributed by atoms with Crippen molar-refractivity contribution in [3.8, 4) is 11.8 Å². The Morgan fingerprint density at radius 2 is 2.27 bits per heavy atom. The number of aryl methyl sites for hydroxylation is 1. The monoisotopic (exact) mass is 206 g/mol. The van der Waals surface area contributed by atoms with Crippen molar-refractivity contribution < 1.29 is 13.9 Å². The number of esters is 1. The Morgan fingerprint density at radius 3 is 2.93 bits per heavy atom. The maximum atomic E-state index is 13.4. The summed E-state index contributed by atoms with van der Waals surface area (Å²) >= 11 is 0. The van der Waals surface area contributed by atoms with E-state index in [1.807, 2.05) is 0 Å². The third-order valence-electron chi connectivity index (χ3n) is 1.77. The third kappa shape index (κ3) is 3.10. The Labute approximate surface area is 88.1 Å². The molecule has 0 N–H and O–H groups in total. The molecule has 1 aromatic rings. The molecule has 1 aromatic carbocycles. The van der Waals surface area contributed by atoms with E-state index < -0.39 is 11.8 Å². The van der Waals surface area contributed by atoms with Gasteiger partial charge in [0.2, 0.25) is 0 Å². The van der Waals surface area contributed by atoms with Gasteiger partial charge in [-0.25, -0.2) is 9.18 Å². The summed E-state index contributed by atoms with van der Waals surface area (Å²) in [6.07, 6.45) is 0. The van der Waals surface area contributed by atoms with Crippen molar-refractivity contribution in [2.45, 2.75) is 13.8 Å². The lowest BCUT2D eigenvalue weighted by Gasteiger charge is -1.97. The molecule has 0 saturated heterocycles. The largest absolute Gasteiger partial charge is 0.456 e. The molecule has 0 aromatic heterocycles. The first kappa shape index (κ1) is 11.3. The minimum atomic E-state index is -0.640. The number of hydrogen-bond donors (Lipinski definition) is 0. The number of carbonyl (C=O) groups is 1. The van der Waals surface area contributed by atoms with Crippen LogP contribution in [0.2, 0.25) is 0 Å². The fraction of sp³-hybridized carbons (Fsp3) is 0.250. The normalized spacial score (nSPS) is 9.00. The van der Waals surface area contributed by atoms with Crippen LogP contribution in [0.25, 0.3) is 0 Å². The Morgan fingerprint density at radius 1 is 1.53 bits per heavy atom. The first-order chi connectivity index (χ1) is 7.15. The molecule has 0 bridgehead atoms. The highest BCUT2D eigenvalue weighted by atomic mass is 19.1. The standard InChI is InChI=1S/C12H11FO2/c1-3-15-11(14)8-7-10-6-4-5-9(2)12(10)13/h4-6H,3H2,1-2H3. The van der Waals surface area contributed by atoms with Crippen LogP contribution in [0.4, 0.5) is 4.39 Å². The Hall–Kier alpha value is -1.82. The van der Waals surface area contributed by atoms with Gasteiger partial charge in [0.25, 0.3) is 0 Å². The van der Waals surface area contributed by atoms with Crippen LogP contribution in [0.1, 0.15) is 18.1 Å². The zero-order valence-electron chi connectivity index (χ0n) is 8.63. The summed E-state index contributed by atoms with van der Waals surface area (Å²) in [7, 11) is 0. The van der Waals surface area contributed by atoms with Gasteiger partial charge in [-0.3, -0.25) is 0 Å². The Kier molecular flexibility index (Phi) is 3.87. The van der Waals surface area contributed by atoms with Crippen molar-refractivity contribution in [3.05, 3.63) is 35.1 Å². The van der Waals surface area contributed by atoms with Gasteiger partial charge in [-0.15, -0.1) is 0 Å². The highest BCUT2D eigenvalue weighted by Crippen LogP contribution is 2.10. The summed E-state index contributed by atoms with van der Waals surface area (Å²) < 4.78 is 18.0. The highest BCUT2D eigenvalue weighted by Gasteiger charge is 2.01. The molecule has 0 amide bonds. The molecular weight excluding hydrogens is 195 g/mol. The zero-order chi connectivity index (χ0) is 11.3. The third-order valence-corrected chi connectivity index (χ3v) is 1.77. The molecule has 0 aliphatic heterocycles. The maximum Gasteiger partial charge on any atom is 0.384 e. The second kappa shape index (κ2) is 5.16. The van der Waals surface area contributed by atoms with E-state index in [4.69, 9.17) is 0 Å². The average Bonchev–Trinajstić information content (AvgIpc) is 2.21. The van der Waals surface area contributed by atoms with Crippen LogP contribution in [0.5, 0.6) is 0 Å². The first-order valence-electron chi connectivity index (χ1n) is 4.59. The molecular formula is C12H11FO2. The van der Waals surface area contributed by atoms with Crippen molar-refractivity contribution in [1.82, 2.24) is 0 Å². The van der Waals surface area contributed by atoms with E-state index in [9.17, 15) is 9.18 Å². The van der Waals surface area contributed by atoms with E-state index in [-0.39, 0.29) is 12.2 Å². The van der Waals surface area contributed by atoms with Gasteiger partial charge < -0.3 is 4.74 Å². The van der Waals surface area contributed by atoms with E-state index in [0.717, 1.165) is 0 Å². The molecule has 0 heterocycles. The summed E-state index contributed by atoms with van der Waals surface area (Å²) in [6.45, 7) is 3.60. The van der Waals surface area contributed by atoms with Crippen LogP contribution < -0.4 is 0 Å². The lowest BCUT2D eigenvalue weighted by atomic mass is 10.1. The molecule has 0 spiro atoms. The zero-order valence-corrected chi connectivity index (χ0v) is 8.63. The molecule has 0 unspecified atom stereocenters. The number of rotatable bonds is 1. The molecule has 78 valence electrons. The lowest BCUT2D eigenvalue weighted by Crippen LogP contribution is -2.00. The molecule has 2 nitrogen and oxygen atoms in total. The molecule has 15 heavy (non-hydrogen) atoms. The maximum absolute atomic E-state index is 13.4. The number of carbonyl (C=O) groups excluding carboxylic acids is 1. The summed E-state index contributed by atoms with van der Waals surface area (Å²) in [6, 6.07) is 4.85. The van der Waals surface area contributed by atoms with Gasteiger partial charge in [-0.05, 0) is 25.5 Å². The van der Waals surface area contributed by atoms with Gasteiger partial charge >= 0.3 is 5.97 Å². The van der Waals surface area contributed by atoms with E-state index >= 15 is 0 Å². The average molecular weight is 206 g/mol. The Bertz CT molecular complexity index is 427. The minimum absolute atomic E-state index is 0.211. The van der Waals surface area contributed by atoms with E-state index in [0.29, 0.717) is 5.56 Å². The number of benzene rings is 1. The Balaban J connectivity index is 2.89. The van der Waals surface area contributed by atoms with Crippen LogP contribution in [-0.4, -0.2) is 12.6 Å². The van der Waals surface area contributed by atoms with Crippen molar-refractivity contribution in [3.63, 3.8) is 0 Å². The topological polar surface area (TPSA) is 26.3 Å². The SMILES string of the molecule is CCOC(=O)C#Cc1cccc(C)c1F. The molecule has 3 heteroatoms. The summed E-state index contributed by atoms with van der Waals surface area (Å²) in [5, 5.41) is 0. The number of hydrogen-bond acceptors (Lipinski definition) is 2. The van der Waals surface area contributed by atoms with Crippen molar-refractivity contribution in [2.75, 3.05) is 6.61 Å². The van der Waals surface area contributed by atoms with Crippen molar-refractivity contribution >= 4 is 5.97 Å². The fourth-order valence-corrected chi connectivity index (χ4v) is 1.03. The second-order valence-electron chi connectivity index (χ2n) is 2.91. The van der Waals surface area contributed by atoms with Crippen LogP contribution in [0.15, 0.2) is 18.2 Å². The van der Waals surface area contributed by atoms with Gasteiger partial charge in [0.15, 0.2) is 0 Å². The van der Waals surface area contributed by atoms with E-state index in [1.54, 1.807) is 26.0 Å². The van der Waals surface area contributed by atoms with Gasteiger partial charge in [-0.2, -0.15) is 0 Å². The molecule has 0 radical (unpaired) electrons. The van der Waals surface area contributed by atoms with Crippen molar-refractivity contribution in [2.24, 2.45) is 0 Å². The van der Waals surface area contributed by atoms with Crippen LogP contribution in [0.3, 0.4) is 0 Å². The van der Waals surface area contributed by atoms with Crippen LogP contribution in [0, 0.1) is 24.6 Å². The minimum Gasteiger partial charge on any atom is -0.456 e. The molecule has 0 atom stereocenters. The number of ether oxygens (including phenoxy) is 1. The highest BCUT2D eigenvalue weighted by molar-refractivity contribution is 5.89. The quantitative estimate of drug-likeness (QED) is 0.519. The summed E-state index contributed by atoms with van der Waals surface area (Å²) in [4.78, 5) is 10.9. The molecule has 0 aliphatic rings. The molecule has 1 rings (SSSR count). The van der Waals surface area contributed by atoms with Gasteiger partial charge in [-0.1, -0.05) is 18.1 Å². The number of halogens is 1. The fourth-order valence-electron chi connectivity index (χ4n) is 1.03. The molecule has 0 aliphatic carbocycles. The van der Waals surface area contributed by atoms with Gasteiger partial charge in [0.05, 0.1) is 12.2 Å². The second-order valence-corrected chi connectivity index (χ2v) is 2.91. The van der Waals surface area contributed by atoms with E-state index in [1.165, 1.54) is 6.07 Å². The summed E-state index contributed by atoms with van der Waals surface area (Å²) in [5.41, 5.74) is 0.716. The van der Waals surface area contributed by atoms with Gasteiger partial charge in [0, 0.05) is 5.92 Å². The molecule has 0 fully saturated rings. The van der Waals surface area contributed by atoms with Crippen LogP contribution in [-0.2, 0) is 9.53 Å². The predicted molar refractivity (Wildman–Crippen MR) is 54.6 cm³/mol. The smallest absolute Gasteiger partial charge is 0.384 e. The van der Waals surface area contributed by atoms with Crippen LogP contribution >= 0.6 is 0 Å². The first-order valence-corrected chi connectivity index (χ1v) is 4.59. The lowest BCUT2D eigenvalue weighted by molar-refractivity contribution is -0.136. The van der Waals surface area contributed by atoms with Crippen molar-refractivity contribution in [1.29, 1.82) is 0 Å². The predicted octanol–water partition coefficient (Wildman–Crippen LogP) is 2.05.